The van der Waals surface area contributed by atoms with Crippen LogP contribution in [0.3, 0.4) is 0 Å². The molecule has 0 aromatic heterocycles. The Morgan fingerprint density at radius 2 is 2.18 bits per heavy atom. The van der Waals surface area contributed by atoms with Gasteiger partial charge in [-0.1, -0.05) is 0 Å². The highest BCUT2D eigenvalue weighted by Gasteiger charge is 2.63. The lowest BCUT2D eigenvalue weighted by atomic mass is 9.92. The molecule has 8 nitrogen and oxygen atoms in total. The molecule has 4 heterocycles. The van der Waals surface area contributed by atoms with Crippen LogP contribution in [0.4, 0.5) is 0 Å². The van der Waals surface area contributed by atoms with Crippen LogP contribution in [0.15, 0.2) is 9.98 Å². The molecule has 3 saturated heterocycles. The van der Waals surface area contributed by atoms with Crippen LogP contribution < -0.4 is 5.32 Å². The summed E-state index contributed by atoms with van der Waals surface area (Å²) in [6.45, 7) is 7.58. The highest BCUT2D eigenvalue weighted by Crippen LogP contribution is 2.51. The van der Waals surface area contributed by atoms with E-state index >= 15 is 0 Å². The normalized spacial score (nSPS) is 32.3. The number of piperidine rings is 1. The molecular weight excluding hydrogens is 378 g/mol. The molecule has 4 aliphatic rings. The largest absolute Gasteiger partial charge is 0.480 e. The van der Waals surface area contributed by atoms with Gasteiger partial charge >= 0.3 is 5.97 Å². The van der Waals surface area contributed by atoms with Crippen molar-refractivity contribution in [1.29, 1.82) is 0 Å². The number of fused-ring (bicyclic) bond motifs is 1. The van der Waals surface area contributed by atoms with Crippen LogP contribution in [0.1, 0.15) is 39.5 Å². The first-order chi connectivity index (χ1) is 13.4. The summed E-state index contributed by atoms with van der Waals surface area (Å²) in [5.41, 5.74) is 0. The minimum atomic E-state index is -0.934. The third-order valence-corrected chi connectivity index (χ3v) is 7.78. The van der Waals surface area contributed by atoms with Crippen LogP contribution in [-0.2, 0) is 9.59 Å². The van der Waals surface area contributed by atoms with Gasteiger partial charge in [-0.05, 0) is 39.0 Å². The average molecular weight is 408 g/mol. The number of rotatable bonds is 6. The number of likely N-dealkylation sites (tertiary alicyclic amines) is 1. The van der Waals surface area contributed by atoms with Gasteiger partial charge in [0.25, 0.3) is 5.91 Å². The zero-order valence-electron chi connectivity index (χ0n) is 16.5. The van der Waals surface area contributed by atoms with Crippen LogP contribution in [0.5, 0.6) is 0 Å². The molecule has 4 rings (SSSR count). The molecule has 0 saturated carbocycles. The van der Waals surface area contributed by atoms with Gasteiger partial charge in [-0.3, -0.25) is 14.8 Å². The molecule has 28 heavy (non-hydrogen) atoms. The summed E-state index contributed by atoms with van der Waals surface area (Å²) >= 11 is 1.55. The quantitative estimate of drug-likeness (QED) is 0.388. The Balaban J connectivity index is 1.26. The summed E-state index contributed by atoms with van der Waals surface area (Å²) < 4.78 is -0.493. The molecule has 154 valence electrons. The Morgan fingerprint density at radius 1 is 1.43 bits per heavy atom. The molecule has 2 N–H and O–H groups in total. The molecule has 3 fully saturated rings. The molecule has 1 amide bonds. The number of thioether (sulfide) groups is 1. The molecule has 0 radical (unpaired) electrons. The van der Waals surface area contributed by atoms with E-state index in [-0.39, 0.29) is 11.3 Å². The fourth-order valence-corrected chi connectivity index (χ4v) is 6.23. The molecule has 0 bridgehead atoms. The second kappa shape index (κ2) is 7.57. The topological polar surface area (TPSA) is 97.6 Å². The highest BCUT2D eigenvalue weighted by atomic mass is 32.2. The molecular formula is C19H29N5O3S. The Kier molecular flexibility index (Phi) is 5.28. The summed E-state index contributed by atoms with van der Waals surface area (Å²) in [5, 5.41) is 12.7. The predicted octanol–water partition coefficient (Wildman–Crippen LogP) is 1.02. The molecule has 0 aromatic rings. The van der Waals surface area contributed by atoms with Gasteiger partial charge in [0.05, 0.1) is 18.7 Å². The monoisotopic (exact) mass is 407 g/mol. The lowest BCUT2D eigenvalue weighted by Crippen LogP contribution is -2.65. The van der Waals surface area contributed by atoms with Crippen LogP contribution >= 0.6 is 11.8 Å². The fourth-order valence-electron chi connectivity index (χ4n) is 4.61. The number of carbonyl (C=O) groups excluding carboxylic acids is 1. The summed E-state index contributed by atoms with van der Waals surface area (Å²) in [6.07, 6.45) is 6.31. The van der Waals surface area contributed by atoms with E-state index < -0.39 is 22.8 Å². The fraction of sp³-hybridized carbons (Fsp3) is 0.789. The van der Waals surface area contributed by atoms with Gasteiger partial charge in [0, 0.05) is 30.8 Å². The van der Waals surface area contributed by atoms with Crippen molar-refractivity contribution in [3.05, 3.63) is 0 Å². The van der Waals surface area contributed by atoms with E-state index in [1.807, 2.05) is 20.2 Å². The van der Waals surface area contributed by atoms with E-state index in [4.69, 9.17) is 0 Å². The van der Waals surface area contributed by atoms with Crippen molar-refractivity contribution in [2.24, 2.45) is 15.9 Å². The van der Waals surface area contributed by atoms with Crippen molar-refractivity contribution < 1.29 is 14.7 Å². The zero-order chi connectivity index (χ0) is 19.9. The third kappa shape index (κ3) is 3.60. The number of aliphatic imine (C=N–C) groups is 2. The predicted molar refractivity (Wildman–Crippen MR) is 110 cm³/mol. The molecule has 4 aliphatic heterocycles. The van der Waals surface area contributed by atoms with Crippen molar-refractivity contribution in [2.75, 3.05) is 26.2 Å². The zero-order valence-corrected chi connectivity index (χ0v) is 17.3. The number of nitrogens with one attached hydrogen (secondary N) is 1. The van der Waals surface area contributed by atoms with Crippen LogP contribution in [0, 0.1) is 5.92 Å². The van der Waals surface area contributed by atoms with Crippen molar-refractivity contribution in [3.8, 4) is 0 Å². The Bertz CT molecular complexity index is 702. The first-order valence-corrected chi connectivity index (χ1v) is 11.0. The Hall–Kier alpha value is -1.77. The van der Waals surface area contributed by atoms with Crippen molar-refractivity contribution in [1.82, 2.24) is 15.1 Å². The molecule has 3 atom stereocenters. The van der Waals surface area contributed by atoms with E-state index in [1.54, 1.807) is 11.8 Å². The first kappa shape index (κ1) is 19.5. The number of amides is 1. The van der Waals surface area contributed by atoms with Crippen LogP contribution in [-0.4, -0.2) is 87.3 Å². The van der Waals surface area contributed by atoms with E-state index in [1.165, 1.54) is 11.3 Å². The Labute approximate surface area is 169 Å². The third-order valence-electron chi connectivity index (χ3n) is 6.22. The summed E-state index contributed by atoms with van der Waals surface area (Å²) in [6, 6.07) is -1.21. The van der Waals surface area contributed by atoms with Gasteiger partial charge in [-0.15, -0.1) is 11.8 Å². The lowest BCUT2D eigenvalue weighted by molar-refractivity contribution is -0.158. The standard InChI is InChI=1S/C19H29N5O3S/c1-19(2)15(18(26)27)24-16(25)14(17(24)28-19)22-11-23-9-5-12(6-10-23)3-4-13-20-7-8-21-13/h11-12,14-15,17H,3-10H2,1-2H3,(H,20,21)(H,26,27)/t14-,15+,17-/m1/s1. The van der Waals surface area contributed by atoms with Gasteiger partial charge < -0.3 is 20.2 Å². The van der Waals surface area contributed by atoms with Crippen molar-refractivity contribution >= 4 is 35.8 Å². The summed E-state index contributed by atoms with van der Waals surface area (Å²) in [5.74, 6) is 0.787. The number of hydrogen-bond donors (Lipinski definition) is 2. The minimum Gasteiger partial charge on any atom is -0.480 e. The number of carbonyl (C=O) groups is 2. The van der Waals surface area contributed by atoms with E-state index in [0.717, 1.165) is 57.2 Å². The molecule has 0 aliphatic carbocycles. The van der Waals surface area contributed by atoms with Crippen LogP contribution in [0.25, 0.3) is 0 Å². The van der Waals surface area contributed by atoms with Gasteiger partial charge in [0.2, 0.25) is 0 Å². The lowest BCUT2D eigenvalue weighted by Gasteiger charge is -2.41. The number of carboxylic acid groups (broad SMARTS) is 1. The highest BCUT2D eigenvalue weighted by molar-refractivity contribution is 8.01. The maximum absolute atomic E-state index is 12.5. The maximum atomic E-state index is 12.5. The van der Waals surface area contributed by atoms with Gasteiger partial charge in [0.15, 0.2) is 6.04 Å². The SMILES string of the molecule is CC1(C)S[C@@H]2[C@H](N=CN3CCC(CCC4=NCCN4)CC3)C(=O)N2[C@H]1C(=O)O. The number of carboxylic acids is 1. The second-order valence-electron chi connectivity index (χ2n) is 8.58. The van der Waals surface area contributed by atoms with E-state index in [2.05, 4.69) is 20.2 Å². The number of β-lactam (4-membered cyclic amide) rings is 1. The summed E-state index contributed by atoms with van der Waals surface area (Å²) in [4.78, 5) is 36.7. The Morgan fingerprint density at radius 3 is 2.82 bits per heavy atom. The van der Waals surface area contributed by atoms with Crippen molar-refractivity contribution in [2.45, 2.75) is 61.7 Å². The van der Waals surface area contributed by atoms with Crippen molar-refractivity contribution in [3.63, 3.8) is 0 Å². The molecule has 0 aromatic carbocycles. The van der Waals surface area contributed by atoms with E-state index in [0.29, 0.717) is 0 Å². The average Bonchev–Trinajstić information content (AvgIpc) is 3.25. The number of hydrogen-bond acceptors (Lipinski definition) is 6. The first-order valence-electron chi connectivity index (χ1n) is 10.1. The molecule has 9 heteroatoms. The molecule has 0 unspecified atom stereocenters. The molecule has 0 spiro atoms. The van der Waals surface area contributed by atoms with Crippen LogP contribution in [0.2, 0.25) is 0 Å². The minimum absolute atomic E-state index is 0.155. The van der Waals surface area contributed by atoms with E-state index in [9.17, 15) is 14.7 Å². The maximum Gasteiger partial charge on any atom is 0.327 e. The smallest absolute Gasteiger partial charge is 0.327 e. The van der Waals surface area contributed by atoms with Gasteiger partial charge in [0.1, 0.15) is 11.4 Å². The second-order valence-corrected chi connectivity index (χ2v) is 10.4. The number of aliphatic carboxylic acids is 1. The van der Waals surface area contributed by atoms with Gasteiger partial charge in [-0.25, -0.2) is 4.79 Å². The summed E-state index contributed by atoms with van der Waals surface area (Å²) in [7, 11) is 0. The van der Waals surface area contributed by atoms with Gasteiger partial charge in [-0.2, -0.15) is 0 Å². The number of amidine groups is 1. The number of nitrogens with zero attached hydrogens (tertiary/aromatic N) is 4.